The molecule has 1 unspecified atom stereocenters. The number of carbonyl (C=O) groups is 2. The lowest BCUT2D eigenvalue weighted by Gasteiger charge is -2.29. The van der Waals surface area contributed by atoms with Gasteiger partial charge in [-0.25, -0.2) is 0 Å². The minimum Gasteiger partial charge on any atom is -0.366 e. The fraction of sp³-hybridized carbons (Fsp3) is 0.278. The van der Waals surface area contributed by atoms with Crippen LogP contribution in [0.25, 0.3) is 0 Å². The second-order valence-electron chi connectivity index (χ2n) is 5.97. The van der Waals surface area contributed by atoms with Crippen molar-refractivity contribution in [2.45, 2.75) is 31.8 Å². The summed E-state index contributed by atoms with van der Waals surface area (Å²) >= 11 is 5.94. The number of nitrogens with two attached hydrogens (primary N) is 1. The maximum atomic E-state index is 12.9. The number of benzene rings is 1. The fourth-order valence-corrected chi connectivity index (χ4v) is 2.84. The maximum Gasteiger partial charge on any atom is 0.273 e. The highest BCUT2D eigenvalue weighted by atomic mass is 35.5. The van der Waals surface area contributed by atoms with Crippen LogP contribution in [0.5, 0.6) is 0 Å². The van der Waals surface area contributed by atoms with E-state index in [4.69, 9.17) is 17.3 Å². The van der Waals surface area contributed by atoms with Gasteiger partial charge in [0.2, 0.25) is 5.91 Å². The number of pyridine rings is 1. The Labute approximate surface area is 145 Å². The Hall–Kier alpha value is -2.40. The first-order valence-corrected chi connectivity index (χ1v) is 8.19. The number of rotatable bonds is 5. The summed E-state index contributed by atoms with van der Waals surface area (Å²) in [5.41, 5.74) is 6.83. The Morgan fingerprint density at radius 3 is 2.38 bits per heavy atom. The molecule has 0 bridgehead atoms. The topological polar surface area (TPSA) is 76.3 Å². The number of aromatic nitrogens is 1. The van der Waals surface area contributed by atoms with E-state index in [2.05, 4.69) is 4.98 Å². The highest BCUT2D eigenvalue weighted by Gasteiger charge is 2.37. The molecular formula is C18H18ClN3O2. The summed E-state index contributed by atoms with van der Waals surface area (Å²) in [5.74, 6) is -0.703. The van der Waals surface area contributed by atoms with Crippen LogP contribution in [0.15, 0.2) is 42.6 Å². The van der Waals surface area contributed by atoms with Crippen LogP contribution in [0.4, 0.5) is 0 Å². The number of primary amides is 1. The van der Waals surface area contributed by atoms with Gasteiger partial charge in [0.15, 0.2) is 0 Å². The number of hydrogen-bond acceptors (Lipinski definition) is 3. The summed E-state index contributed by atoms with van der Waals surface area (Å²) in [4.78, 5) is 30.0. The van der Waals surface area contributed by atoms with Gasteiger partial charge >= 0.3 is 0 Å². The zero-order valence-corrected chi connectivity index (χ0v) is 14.0. The number of carbonyl (C=O) groups excluding carboxylic acids is 2. The molecule has 0 saturated heterocycles. The molecule has 0 spiro atoms. The highest BCUT2D eigenvalue weighted by Crippen LogP contribution is 2.35. The van der Waals surface area contributed by atoms with Crippen molar-refractivity contribution in [1.82, 2.24) is 9.88 Å². The van der Waals surface area contributed by atoms with E-state index in [-0.39, 0.29) is 23.6 Å². The van der Waals surface area contributed by atoms with E-state index < -0.39 is 5.91 Å². The van der Waals surface area contributed by atoms with Crippen LogP contribution in [-0.4, -0.2) is 27.7 Å². The third kappa shape index (κ3) is 3.41. The van der Waals surface area contributed by atoms with Crippen molar-refractivity contribution in [2.24, 2.45) is 5.73 Å². The average molecular weight is 344 g/mol. The number of hydrogen-bond donors (Lipinski definition) is 1. The second-order valence-corrected chi connectivity index (χ2v) is 6.40. The monoisotopic (exact) mass is 343 g/mol. The average Bonchev–Trinajstić information content (AvgIpc) is 3.40. The van der Waals surface area contributed by atoms with E-state index in [1.165, 1.54) is 12.3 Å². The lowest BCUT2D eigenvalue weighted by atomic mass is 10.1. The third-order valence-corrected chi connectivity index (χ3v) is 4.46. The molecule has 1 aliphatic rings. The van der Waals surface area contributed by atoms with Crippen molar-refractivity contribution >= 4 is 23.4 Å². The van der Waals surface area contributed by atoms with Crippen molar-refractivity contribution in [2.75, 3.05) is 0 Å². The summed E-state index contributed by atoms with van der Waals surface area (Å²) in [6.45, 7) is 2.00. The van der Waals surface area contributed by atoms with Crippen molar-refractivity contribution < 1.29 is 9.59 Å². The van der Waals surface area contributed by atoms with E-state index in [0.717, 1.165) is 18.4 Å². The second kappa shape index (κ2) is 6.61. The van der Waals surface area contributed by atoms with Gasteiger partial charge in [-0.2, -0.15) is 0 Å². The van der Waals surface area contributed by atoms with Crippen LogP contribution >= 0.6 is 11.6 Å². The molecule has 1 aromatic carbocycles. The zero-order chi connectivity index (χ0) is 17.3. The first-order chi connectivity index (χ1) is 11.5. The van der Waals surface area contributed by atoms with E-state index in [1.807, 2.05) is 36.1 Å². The molecule has 24 heavy (non-hydrogen) atoms. The first-order valence-electron chi connectivity index (χ1n) is 7.81. The minimum absolute atomic E-state index is 0.0834. The molecule has 2 N–H and O–H groups in total. The van der Waals surface area contributed by atoms with Crippen LogP contribution < -0.4 is 5.73 Å². The van der Waals surface area contributed by atoms with Gasteiger partial charge in [-0.05, 0) is 49.6 Å². The molecule has 2 amide bonds. The molecule has 6 heteroatoms. The van der Waals surface area contributed by atoms with Gasteiger partial charge in [-0.3, -0.25) is 14.6 Å². The Bertz CT molecular complexity index is 755. The van der Waals surface area contributed by atoms with E-state index >= 15 is 0 Å². The molecule has 1 aliphatic carbocycles. The standard InChI is InChI=1S/C18H18ClN3O2/c1-11(12-2-5-14(19)6-3-12)22(15-7-8-15)18(24)16-9-4-13(10-21-16)17(20)23/h2-6,9-11,15H,7-8H2,1H3,(H2,20,23). The van der Waals surface area contributed by atoms with Gasteiger partial charge in [0.25, 0.3) is 5.91 Å². The van der Waals surface area contributed by atoms with E-state index in [9.17, 15) is 9.59 Å². The Morgan fingerprint density at radius 1 is 1.21 bits per heavy atom. The van der Waals surface area contributed by atoms with Crippen LogP contribution in [0.1, 0.15) is 52.2 Å². The summed E-state index contributed by atoms with van der Waals surface area (Å²) in [5, 5.41) is 0.666. The summed E-state index contributed by atoms with van der Waals surface area (Å²) in [7, 11) is 0. The lowest BCUT2D eigenvalue weighted by molar-refractivity contribution is 0.0667. The predicted octanol–water partition coefficient (Wildman–Crippen LogP) is 3.20. The largest absolute Gasteiger partial charge is 0.366 e. The van der Waals surface area contributed by atoms with Crippen LogP contribution in [-0.2, 0) is 0 Å². The molecule has 1 saturated carbocycles. The normalized spacial score (nSPS) is 14.9. The zero-order valence-electron chi connectivity index (χ0n) is 13.3. The number of nitrogens with zero attached hydrogens (tertiary/aromatic N) is 2. The summed E-state index contributed by atoms with van der Waals surface area (Å²) < 4.78 is 0. The molecule has 0 aliphatic heterocycles. The van der Waals surface area contributed by atoms with Crippen LogP contribution in [0.2, 0.25) is 5.02 Å². The molecule has 1 fully saturated rings. The Morgan fingerprint density at radius 2 is 1.88 bits per heavy atom. The molecule has 124 valence electrons. The lowest BCUT2D eigenvalue weighted by Crippen LogP contribution is -2.36. The maximum absolute atomic E-state index is 12.9. The smallest absolute Gasteiger partial charge is 0.273 e. The molecule has 3 rings (SSSR count). The molecule has 1 atom stereocenters. The highest BCUT2D eigenvalue weighted by molar-refractivity contribution is 6.30. The molecule has 1 heterocycles. The first kappa shape index (κ1) is 16.5. The van der Waals surface area contributed by atoms with E-state index in [1.54, 1.807) is 6.07 Å². The van der Waals surface area contributed by atoms with Gasteiger partial charge in [0.05, 0.1) is 11.6 Å². The molecule has 0 radical (unpaired) electrons. The molecular weight excluding hydrogens is 326 g/mol. The quantitative estimate of drug-likeness (QED) is 0.905. The van der Waals surface area contributed by atoms with Crippen molar-refractivity contribution in [3.8, 4) is 0 Å². The van der Waals surface area contributed by atoms with Crippen molar-refractivity contribution in [3.05, 3.63) is 64.4 Å². The van der Waals surface area contributed by atoms with Crippen molar-refractivity contribution in [3.63, 3.8) is 0 Å². The summed E-state index contributed by atoms with van der Waals surface area (Å²) in [6, 6.07) is 10.7. The van der Waals surface area contributed by atoms with Gasteiger partial charge in [-0.1, -0.05) is 23.7 Å². The summed E-state index contributed by atoms with van der Waals surface area (Å²) in [6.07, 6.45) is 3.32. The Balaban J connectivity index is 1.86. The van der Waals surface area contributed by atoms with E-state index in [0.29, 0.717) is 10.7 Å². The minimum atomic E-state index is -0.560. The van der Waals surface area contributed by atoms with Gasteiger partial charge in [-0.15, -0.1) is 0 Å². The number of amides is 2. The van der Waals surface area contributed by atoms with Gasteiger partial charge < -0.3 is 10.6 Å². The molecule has 5 nitrogen and oxygen atoms in total. The predicted molar refractivity (Wildman–Crippen MR) is 91.8 cm³/mol. The van der Waals surface area contributed by atoms with Crippen molar-refractivity contribution in [1.29, 1.82) is 0 Å². The van der Waals surface area contributed by atoms with Gasteiger partial charge in [0.1, 0.15) is 5.69 Å². The number of halogens is 1. The SMILES string of the molecule is CC(c1ccc(Cl)cc1)N(C(=O)c1ccc(C(N)=O)cn1)C1CC1. The third-order valence-electron chi connectivity index (χ3n) is 4.21. The fourth-order valence-electron chi connectivity index (χ4n) is 2.71. The van der Waals surface area contributed by atoms with Crippen LogP contribution in [0, 0.1) is 0 Å². The Kier molecular flexibility index (Phi) is 4.53. The molecule has 2 aromatic rings. The van der Waals surface area contributed by atoms with Crippen LogP contribution in [0.3, 0.4) is 0 Å². The molecule has 1 aromatic heterocycles. The van der Waals surface area contributed by atoms with Gasteiger partial charge in [0, 0.05) is 17.3 Å².